The van der Waals surface area contributed by atoms with Crippen LogP contribution in [-0.2, 0) is 17.9 Å². The third kappa shape index (κ3) is 6.20. The fraction of sp³-hybridized carbons (Fsp3) is 0.458. The third-order valence-electron chi connectivity index (χ3n) is 5.25. The van der Waals surface area contributed by atoms with Crippen molar-refractivity contribution in [1.82, 2.24) is 10.2 Å². The molecule has 1 fully saturated rings. The van der Waals surface area contributed by atoms with Crippen LogP contribution in [0.2, 0.25) is 0 Å². The molecule has 0 radical (unpaired) electrons. The van der Waals surface area contributed by atoms with E-state index < -0.39 is 0 Å². The fourth-order valence-corrected chi connectivity index (χ4v) is 3.77. The summed E-state index contributed by atoms with van der Waals surface area (Å²) in [6.45, 7) is 6.79. The lowest BCUT2D eigenvalue weighted by atomic mass is 9.96. The zero-order valence-electron chi connectivity index (χ0n) is 18.0. The van der Waals surface area contributed by atoms with E-state index >= 15 is 0 Å². The molecular weight excluding hydrogens is 383 g/mol. The van der Waals surface area contributed by atoms with Gasteiger partial charge in [-0.05, 0) is 68.6 Å². The van der Waals surface area contributed by atoms with E-state index in [2.05, 4.69) is 10.2 Å². The van der Waals surface area contributed by atoms with Crippen LogP contribution >= 0.6 is 0 Å². The second kappa shape index (κ2) is 10.4. The van der Waals surface area contributed by atoms with Gasteiger partial charge in [-0.1, -0.05) is 18.2 Å². The molecule has 6 heteroatoms. The second-order valence-corrected chi connectivity index (χ2v) is 8.07. The van der Waals surface area contributed by atoms with Gasteiger partial charge in [0, 0.05) is 19.6 Å². The maximum atomic E-state index is 13.1. The number of carbonyl (C=O) groups excluding carboxylic acids is 1. The molecule has 0 aromatic heterocycles. The van der Waals surface area contributed by atoms with Gasteiger partial charge in [-0.2, -0.15) is 0 Å². The molecule has 0 unspecified atom stereocenters. The normalized spacial score (nSPS) is 17.0. The lowest BCUT2D eigenvalue weighted by molar-refractivity contribution is -0.126. The summed E-state index contributed by atoms with van der Waals surface area (Å²) < 4.78 is 24.3. The van der Waals surface area contributed by atoms with Crippen molar-refractivity contribution in [2.75, 3.05) is 20.2 Å². The lowest BCUT2D eigenvalue weighted by Crippen LogP contribution is -2.42. The van der Waals surface area contributed by atoms with Gasteiger partial charge in [0.25, 0.3) is 0 Å². The number of hydrogen-bond donors (Lipinski definition) is 1. The first kappa shape index (κ1) is 22.1. The molecule has 3 rings (SSSR count). The van der Waals surface area contributed by atoms with E-state index in [0.29, 0.717) is 24.6 Å². The van der Waals surface area contributed by atoms with Crippen LogP contribution in [0.15, 0.2) is 42.5 Å². The summed E-state index contributed by atoms with van der Waals surface area (Å²) in [5.74, 6) is 1.17. The van der Waals surface area contributed by atoms with Crippen LogP contribution in [0.3, 0.4) is 0 Å². The van der Waals surface area contributed by atoms with E-state index in [9.17, 15) is 9.18 Å². The lowest BCUT2D eigenvalue weighted by Gasteiger charge is -2.32. The average Bonchev–Trinajstić information content (AvgIpc) is 2.74. The number of methoxy groups -OCH3 is 1. The number of halogens is 1. The Kier molecular flexibility index (Phi) is 7.69. The molecule has 5 nitrogen and oxygen atoms in total. The Hall–Kier alpha value is -2.60. The largest absolute Gasteiger partial charge is 0.493 e. The monoisotopic (exact) mass is 414 g/mol. The molecule has 30 heavy (non-hydrogen) atoms. The molecule has 0 bridgehead atoms. The smallest absolute Gasteiger partial charge is 0.224 e. The number of ether oxygens (including phenoxy) is 2. The first-order chi connectivity index (χ1) is 14.4. The summed E-state index contributed by atoms with van der Waals surface area (Å²) in [6.07, 6.45) is 1.93. The van der Waals surface area contributed by atoms with Crippen LogP contribution in [0.1, 0.15) is 37.8 Å². The van der Waals surface area contributed by atoms with Gasteiger partial charge in [-0.25, -0.2) is 4.39 Å². The molecule has 0 aliphatic carbocycles. The first-order valence-electron chi connectivity index (χ1n) is 10.5. The highest BCUT2D eigenvalue weighted by molar-refractivity contribution is 5.79. The van der Waals surface area contributed by atoms with Gasteiger partial charge in [0.1, 0.15) is 5.82 Å². The summed E-state index contributed by atoms with van der Waals surface area (Å²) in [7, 11) is 1.61. The molecule has 0 spiro atoms. The van der Waals surface area contributed by atoms with Crippen molar-refractivity contribution in [3.63, 3.8) is 0 Å². The molecule has 1 amide bonds. The SMILES string of the molecule is COc1cc(CNC(=O)[C@H]2CCCN(Cc3ccc(F)cc3)C2)ccc1OC(C)C. The molecule has 1 aliphatic heterocycles. The maximum absolute atomic E-state index is 13.1. The topological polar surface area (TPSA) is 50.8 Å². The van der Waals surface area contributed by atoms with Crippen molar-refractivity contribution in [3.05, 3.63) is 59.4 Å². The van der Waals surface area contributed by atoms with Gasteiger partial charge in [0.15, 0.2) is 11.5 Å². The van der Waals surface area contributed by atoms with E-state index in [1.54, 1.807) is 19.2 Å². The van der Waals surface area contributed by atoms with Gasteiger partial charge in [-0.15, -0.1) is 0 Å². The third-order valence-corrected chi connectivity index (χ3v) is 5.25. The predicted octanol–water partition coefficient (Wildman–Crippen LogP) is 4.15. The average molecular weight is 415 g/mol. The minimum absolute atomic E-state index is 0.0374. The Morgan fingerprint density at radius 3 is 2.60 bits per heavy atom. The van der Waals surface area contributed by atoms with Crippen LogP contribution in [0.5, 0.6) is 11.5 Å². The van der Waals surface area contributed by atoms with E-state index in [1.165, 1.54) is 12.1 Å². The van der Waals surface area contributed by atoms with Crippen molar-refractivity contribution >= 4 is 5.91 Å². The molecule has 1 heterocycles. The number of piperidine rings is 1. The zero-order chi connectivity index (χ0) is 21.5. The van der Waals surface area contributed by atoms with Crippen LogP contribution in [0.25, 0.3) is 0 Å². The highest BCUT2D eigenvalue weighted by atomic mass is 19.1. The first-order valence-corrected chi connectivity index (χ1v) is 10.5. The van der Waals surface area contributed by atoms with Crippen molar-refractivity contribution in [2.24, 2.45) is 5.92 Å². The van der Waals surface area contributed by atoms with Gasteiger partial charge < -0.3 is 14.8 Å². The number of likely N-dealkylation sites (tertiary alicyclic amines) is 1. The Morgan fingerprint density at radius 1 is 1.17 bits per heavy atom. The maximum Gasteiger partial charge on any atom is 0.224 e. The Labute approximate surface area is 178 Å². The minimum Gasteiger partial charge on any atom is -0.493 e. The van der Waals surface area contributed by atoms with E-state index in [4.69, 9.17) is 9.47 Å². The van der Waals surface area contributed by atoms with Crippen LogP contribution in [0, 0.1) is 11.7 Å². The van der Waals surface area contributed by atoms with Crippen molar-refractivity contribution in [1.29, 1.82) is 0 Å². The van der Waals surface area contributed by atoms with Crippen LogP contribution in [-0.4, -0.2) is 37.1 Å². The summed E-state index contributed by atoms with van der Waals surface area (Å²) in [4.78, 5) is 15.0. The number of amides is 1. The van der Waals surface area contributed by atoms with Crippen LogP contribution < -0.4 is 14.8 Å². The summed E-state index contributed by atoms with van der Waals surface area (Å²) in [5.41, 5.74) is 2.03. The Morgan fingerprint density at radius 2 is 1.90 bits per heavy atom. The highest BCUT2D eigenvalue weighted by Crippen LogP contribution is 2.29. The molecule has 1 aliphatic rings. The quantitative estimate of drug-likeness (QED) is 0.705. The molecule has 1 N–H and O–H groups in total. The second-order valence-electron chi connectivity index (χ2n) is 8.07. The molecule has 0 saturated carbocycles. The standard InChI is InChI=1S/C24H31FN2O3/c1-17(2)30-22-11-8-19(13-23(22)29-3)14-26-24(28)20-5-4-12-27(16-20)15-18-6-9-21(25)10-7-18/h6-11,13,17,20H,4-5,12,14-16H2,1-3H3,(H,26,28)/t20-/m0/s1. The zero-order valence-corrected chi connectivity index (χ0v) is 18.0. The summed E-state index contributed by atoms with van der Waals surface area (Å²) >= 11 is 0. The number of carbonyl (C=O) groups is 1. The number of benzene rings is 2. The number of rotatable bonds is 8. The van der Waals surface area contributed by atoms with Gasteiger partial charge in [-0.3, -0.25) is 9.69 Å². The Balaban J connectivity index is 1.53. The Bertz CT molecular complexity index is 839. The molecule has 1 saturated heterocycles. The number of hydrogen-bond acceptors (Lipinski definition) is 4. The predicted molar refractivity (Wildman–Crippen MR) is 115 cm³/mol. The van der Waals surface area contributed by atoms with Crippen molar-refractivity contribution in [2.45, 2.75) is 45.9 Å². The van der Waals surface area contributed by atoms with E-state index in [1.807, 2.05) is 32.0 Å². The van der Waals surface area contributed by atoms with Crippen molar-refractivity contribution < 1.29 is 18.7 Å². The van der Waals surface area contributed by atoms with E-state index in [-0.39, 0.29) is 23.7 Å². The summed E-state index contributed by atoms with van der Waals surface area (Å²) in [6, 6.07) is 12.3. The molecular formula is C24H31FN2O3. The molecule has 1 atom stereocenters. The molecule has 2 aromatic carbocycles. The molecule has 2 aromatic rings. The number of nitrogens with zero attached hydrogens (tertiary/aromatic N) is 1. The van der Waals surface area contributed by atoms with Gasteiger partial charge >= 0.3 is 0 Å². The highest BCUT2D eigenvalue weighted by Gasteiger charge is 2.25. The van der Waals surface area contributed by atoms with Crippen LogP contribution in [0.4, 0.5) is 4.39 Å². The number of nitrogens with one attached hydrogen (secondary N) is 1. The van der Waals surface area contributed by atoms with Gasteiger partial charge in [0.2, 0.25) is 5.91 Å². The van der Waals surface area contributed by atoms with Gasteiger partial charge in [0.05, 0.1) is 19.1 Å². The summed E-state index contributed by atoms with van der Waals surface area (Å²) in [5, 5.41) is 3.06. The minimum atomic E-state index is -0.227. The van der Waals surface area contributed by atoms with Crippen molar-refractivity contribution in [3.8, 4) is 11.5 Å². The molecule has 162 valence electrons. The van der Waals surface area contributed by atoms with E-state index in [0.717, 1.165) is 37.1 Å². The fourth-order valence-electron chi connectivity index (χ4n) is 3.77.